The molecule has 0 aromatic heterocycles. The lowest BCUT2D eigenvalue weighted by Crippen LogP contribution is -2.39. The SMILES string of the molecule is N#CC(NNc1ccc(F)cc1)C(=O)c1ccccc1Cl. The third-order valence-corrected chi connectivity index (χ3v) is 3.07. The third kappa shape index (κ3) is 3.78. The fourth-order valence-electron chi connectivity index (χ4n) is 1.66. The number of nitrogens with one attached hydrogen (secondary N) is 2. The maximum atomic E-state index is 12.8. The molecule has 0 heterocycles. The van der Waals surface area contributed by atoms with E-state index in [1.165, 1.54) is 24.3 Å². The highest BCUT2D eigenvalue weighted by Gasteiger charge is 2.21. The summed E-state index contributed by atoms with van der Waals surface area (Å²) in [6, 6.07) is 12.7. The van der Waals surface area contributed by atoms with Gasteiger partial charge < -0.3 is 5.43 Å². The van der Waals surface area contributed by atoms with Gasteiger partial charge in [-0.3, -0.25) is 4.79 Å². The van der Waals surface area contributed by atoms with Crippen LogP contribution in [0.2, 0.25) is 5.02 Å². The summed E-state index contributed by atoms with van der Waals surface area (Å²) in [5.74, 6) is -0.817. The second-order valence-corrected chi connectivity index (χ2v) is 4.59. The smallest absolute Gasteiger partial charge is 0.197 e. The molecular formula is C15H11ClFN3O. The molecule has 21 heavy (non-hydrogen) atoms. The number of rotatable bonds is 5. The number of nitrogens with zero attached hydrogens (tertiary/aromatic N) is 1. The second kappa shape index (κ2) is 6.84. The molecule has 0 saturated carbocycles. The predicted octanol–water partition coefficient (Wildman–Crippen LogP) is 3.17. The van der Waals surface area contributed by atoms with Crippen LogP contribution < -0.4 is 10.9 Å². The van der Waals surface area contributed by atoms with Gasteiger partial charge in [-0.15, -0.1) is 0 Å². The standard InChI is InChI=1S/C15H11ClFN3O/c16-13-4-2-1-3-12(13)15(21)14(9-18)20-19-11-7-5-10(17)6-8-11/h1-8,14,19-20H. The largest absolute Gasteiger partial charge is 0.320 e. The molecule has 4 nitrogen and oxygen atoms in total. The first kappa shape index (κ1) is 15.0. The molecule has 2 aromatic carbocycles. The Morgan fingerprint density at radius 3 is 2.48 bits per heavy atom. The van der Waals surface area contributed by atoms with E-state index in [1.54, 1.807) is 24.3 Å². The van der Waals surface area contributed by atoms with Crippen molar-refractivity contribution in [1.82, 2.24) is 5.43 Å². The van der Waals surface area contributed by atoms with Crippen LogP contribution in [0.5, 0.6) is 0 Å². The van der Waals surface area contributed by atoms with Gasteiger partial charge in [-0.25, -0.2) is 9.82 Å². The molecule has 0 fully saturated rings. The molecule has 106 valence electrons. The van der Waals surface area contributed by atoms with Gasteiger partial charge in [-0.05, 0) is 36.4 Å². The maximum absolute atomic E-state index is 12.8. The number of hydrogen-bond donors (Lipinski definition) is 2. The summed E-state index contributed by atoms with van der Waals surface area (Å²) < 4.78 is 12.8. The van der Waals surface area contributed by atoms with E-state index in [0.29, 0.717) is 5.69 Å². The van der Waals surface area contributed by atoms with Gasteiger partial charge in [0.05, 0.1) is 11.1 Å². The number of benzene rings is 2. The molecule has 1 atom stereocenters. The zero-order valence-electron chi connectivity index (χ0n) is 10.8. The monoisotopic (exact) mass is 303 g/mol. The second-order valence-electron chi connectivity index (χ2n) is 4.18. The topological polar surface area (TPSA) is 64.9 Å². The van der Waals surface area contributed by atoms with Gasteiger partial charge in [0.2, 0.25) is 0 Å². The molecule has 2 rings (SSSR count). The van der Waals surface area contributed by atoms with E-state index in [1.807, 2.05) is 6.07 Å². The van der Waals surface area contributed by atoms with E-state index >= 15 is 0 Å². The molecule has 0 aliphatic heterocycles. The molecule has 0 aliphatic carbocycles. The number of hydrazine groups is 1. The zero-order valence-corrected chi connectivity index (χ0v) is 11.6. The Hall–Kier alpha value is -2.42. The van der Waals surface area contributed by atoms with Gasteiger partial charge in [-0.1, -0.05) is 23.7 Å². The van der Waals surface area contributed by atoms with Crippen molar-refractivity contribution in [2.24, 2.45) is 0 Å². The predicted molar refractivity (Wildman–Crippen MR) is 78.3 cm³/mol. The summed E-state index contributed by atoms with van der Waals surface area (Å²) in [4.78, 5) is 12.2. The number of nitriles is 1. The molecule has 0 amide bonds. The molecule has 6 heteroatoms. The van der Waals surface area contributed by atoms with Crippen molar-refractivity contribution in [2.75, 3.05) is 5.43 Å². The molecule has 0 spiro atoms. The van der Waals surface area contributed by atoms with Crippen molar-refractivity contribution in [3.05, 3.63) is 64.9 Å². The van der Waals surface area contributed by atoms with E-state index in [-0.39, 0.29) is 16.4 Å². The minimum atomic E-state index is -1.12. The Morgan fingerprint density at radius 2 is 1.86 bits per heavy atom. The van der Waals surface area contributed by atoms with Crippen LogP contribution in [0.15, 0.2) is 48.5 Å². The van der Waals surface area contributed by atoms with Crippen molar-refractivity contribution >= 4 is 23.1 Å². The molecule has 2 N–H and O–H groups in total. The van der Waals surface area contributed by atoms with Crippen molar-refractivity contribution in [2.45, 2.75) is 6.04 Å². The van der Waals surface area contributed by atoms with Gasteiger partial charge in [0, 0.05) is 11.3 Å². The Kier molecular flexibility index (Phi) is 4.88. The Labute approximate surface area is 126 Å². The fraction of sp³-hybridized carbons (Fsp3) is 0.0667. The summed E-state index contributed by atoms with van der Waals surface area (Å²) >= 11 is 5.93. The molecule has 0 bridgehead atoms. The van der Waals surface area contributed by atoms with Crippen LogP contribution in [0.1, 0.15) is 10.4 Å². The van der Waals surface area contributed by atoms with Crippen LogP contribution in [-0.2, 0) is 0 Å². The van der Waals surface area contributed by atoms with E-state index < -0.39 is 11.8 Å². The number of anilines is 1. The van der Waals surface area contributed by atoms with Crippen molar-refractivity contribution < 1.29 is 9.18 Å². The summed E-state index contributed by atoms with van der Waals surface area (Å²) in [5, 5.41) is 9.38. The average molecular weight is 304 g/mol. The number of halogens is 2. The average Bonchev–Trinajstić information content (AvgIpc) is 2.50. The fourth-order valence-corrected chi connectivity index (χ4v) is 1.89. The number of hydrogen-bond acceptors (Lipinski definition) is 4. The molecular weight excluding hydrogens is 293 g/mol. The minimum Gasteiger partial charge on any atom is -0.320 e. The summed E-state index contributed by atoms with van der Waals surface area (Å²) in [5.41, 5.74) is 6.07. The summed E-state index contributed by atoms with van der Waals surface area (Å²) in [6.45, 7) is 0. The highest BCUT2D eigenvalue weighted by molar-refractivity contribution is 6.34. The molecule has 0 radical (unpaired) electrons. The maximum Gasteiger partial charge on any atom is 0.197 e. The first-order valence-corrected chi connectivity index (χ1v) is 6.45. The van der Waals surface area contributed by atoms with Crippen molar-refractivity contribution in [1.29, 1.82) is 5.26 Å². The quantitative estimate of drug-likeness (QED) is 0.658. The van der Waals surface area contributed by atoms with Gasteiger partial charge >= 0.3 is 0 Å². The van der Waals surface area contributed by atoms with E-state index in [4.69, 9.17) is 16.9 Å². The Morgan fingerprint density at radius 1 is 1.19 bits per heavy atom. The number of carbonyl (C=O) groups excluding carboxylic acids is 1. The molecule has 0 saturated heterocycles. The minimum absolute atomic E-state index is 0.263. The van der Waals surface area contributed by atoms with Crippen LogP contribution in [0.4, 0.5) is 10.1 Å². The van der Waals surface area contributed by atoms with Crippen LogP contribution in [0.3, 0.4) is 0 Å². The normalized spacial score (nSPS) is 11.5. The van der Waals surface area contributed by atoms with E-state index in [9.17, 15) is 9.18 Å². The van der Waals surface area contributed by atoms with E-state index in [2.05, 4.69) is 10.9 Å². The van der Waals surface area contributed by atoms with Gasteiger partial charge in [0.15, 0.2) is 11.8 Å². The highest BCUT2D eigenvalue weighted by atomic mass is 35.5. The van der Waals surface area contributed by atoms with Gasteiger partial charge in [0.1, 0.15) is 5.82 Å². The van der Waals surface area contributed by atoms with E-state index in [0.717, 1.165) is 0 Å². The summed E-state index contributed by atoms with van der Waals surface area (Å²) in [7, 11) is 0. The van der Waals surface area contributed by atoms with Gasteiger partial charge in [0.25, 0.3) is 0 Å². The van der Waals surface area contributed by atoms with Gasteiger partial charge in [-0.2, -0.15) is 5.26 Å². The number of ketones is 1. The van der Waals surface area contributed by atoms with Crippen LogP contribution in [-0.4, -0.2) is 11.8 Å². The van der Waals surface area contributed by atoms with Crippen molar-refractivity contribution in [3.63, 3.8) is 0 Å². The van der Waals surface area contributed by atoms with Crippen LogP contribution in [0, 0.1) is 17.1 Å². The lowest BCUT2D eigenvalue weighted by molar-refractivity contribution is 0.0969. The molecule has 1 unspecified atom stereocenters. The summed E-state index contributed by atoms with van der Waals surface area (Å²) in [6.07, 6.45) is 0. The van der Waals surface area contributed by atoms with Crippen molar-refractivity contribution in [3.8, 4) is 6.07 Å². The Balaban J connectivity index is 2.07. The molecule has 2 aromatic rings. The zero-order chi connectivity index (χ0) is 15.2. The lowest BCUT2D eigenvalue weighted by atomic mass is 10.1. The first-order chi connectivity index (χ1) is 10.1. The Bertz CT molecular complexity index is 682. The third-order valence-electron chi connectivity index (χ3n) is 2.74. The van der Waals surface area contributed by atoms with Crippen LogP contribution in [0.25, 0.3) is 0 Å². The van der Waals surface area contributed by atoms with Crippen LogP contribution >= 0.6 is 11.6 Å². The number of Topliss-reactive ketones (excluding diaryl/α,β-unsaturated/α-hetero) is 1. The lowest BCUT2D eigenvalue weighted by Gasteiger charge is -2.13. The molecule has 0 aliphatic rings. The number of carbonyl (C=O) groups is 1. The highest BCUT2D eigenvalue weighted by Crippen LogP contribution is 2.17. The first-order valence-electron chi connectivity index (χ1n) is 6.07.